The van der Waals surface area contributed by atoms with Crippen molar-refractivity contribution in [3.8, 4) is 0 Å². The van der Waals surface area contributed by atoms with Gasteiger partial charge in [0, 0.05) is 31.3 Å². The maximum atomic E-state index is 12.7. The van der Waals surface area contributed by atoms with Gasteiger partial charge in [-0.05, 0) is 31.4 Å². The number of fused-ring (bicyclic) bond motifs is 1. The first-order valence-electron chi connectivity index (χ1n) is 7.43. The molecule has 4 rings (SSSR count). The lowest BCUT2D eigenvalue weighted by Gasteiger charge is -2.35. The molecule has 1 saturated heterocycles. The van der Waals surface area contributed by atoms with Crippen LogP contribution in [0.3, 0.4) is 0 Å². The molecule has 7 nitrogen and oxygen atoms in total. The van der Waals surface area contributed by atoms with Gasteiger partial charge in [0.15, 0.2) is 0 Å². The van der Waals surface area contributed by atoms with Crippen LogP contribution in [0.1, 0.15) is 41.5 Å². The van der Waals surface area contributed by atoms with Gasteiger partial charge in [0.25, 0.3) is 5.91 Å². The second-order valence-corrected chi connectivity index (χ2v) is 5.47. The molecule has 1 N–H and O–H groups in total. The summed E-state index contributed by atoms with van der Waals surface area (Å²) in [7, 11) is 0. The molecular formula is C15H16N6O. The van der Waals surface area contributed by atoms with Crippen molar-refractivity contribution in [1.29, 1.82) is 0 Å². The highest BCUT2D eigenvalue weighted by Crippen LogP contribution is 2.30. The van der Waals surface area contributed by atoms with Gasteiger partial charge in [0.2, 0.25) is 5.78 Å². The Bertz CT molecular complexity index is 793. The Morgan fingerprint density at radius 3 is 3.05 bits per heavy atom. The fourth-order valence-corrected chi connectivity index (χ4v) is 3.01. The van der Waals surface area contributed by atoms with E-state index in [1.807, 2.05) is 27.8 Å². The second-order valence-electron chi connectivity index (χ2n) is 5.47. The zero-order valence-corrected chi connectivity index (χ0v) is 12.0. The fraction of sp³-hybridized carbons (Fsp3) is 0.333. The summed E-state index contributed by atoms with van der Waals surface area (Å²) in [6, 6.07) is 3.67. The van der Waals surface area contributed by atoms with Crippen molar-refractivity contribution in [2.24, 2.45) is 0 Å². The van der Waals surface area contributed by atoms with Gasteiger partial charge in [-0.3, -0.25) is 14.3 Å². The summed E-state index contributed by atoms with van der Waals surface area (Å²) < 4.78 is 1.87. The van der Waals surface area contributed by atoms with Crippen LogP contribution in [0.15, 0.2) is 36.9 Å². The number of hydrogen-bond acceptors (Lipinski definition) is 4. The lowest BCUT2D eigenvalue weighted by atomic mass is 9.98. The highest BCUT2D eigenvalue weighted by molar-refractivity contribution is 5.92. The quantitative estimate of drug-likeness (QED) is 0.782. The predicted molar refractivity (Wildman–Crippen MR) is 79.2 cm³/mol. The Balaban J connectivity index is 1.69. The standard InChI is InChI=1S/C15H16N6O/c22-14(12-4-6-17-19-12)21-8-2-1-3-13(21)11-5-9-20-10-7-16-15(20)18-11/h4-7,9-10,13H,1-3,8H2,(H,17,19). The Morgan fingerprint density at radius 2 is 2.18 bits per heavy atom. The minimum absolute atomic E-state index is 0.00810. The normalized spacial score (nSPS) is 18.7. The lowest BCUT2D eigenvalue weighted by molar-refractivity contribution is 0.0600. The zero-order valence-electron chi connectivity index (χ0n) is 12.0. The molecule has 1 atom stereocenters. The Hall–Kier alpha value is -2.70. The molecule has 1 unspecified atom stereocenters. The lowest BCUT2D eigenvalue weighted by Crippen LogP contribution is -2.39. The van der Waals surface area contributed by atoms with E-state index in [1.165, 1.54) is 0 Å². The van der Waals surface area contributed by atoms with Gasteiger partial charge in [-0.15, -0.1) is 0 Å². The minimum Gasteiger partial charge on any atom is -0.329 e. The molecule has 0 aliphatic carbocycles. The average molecular weight is 296 g/mol. The number of H-pyrrole nitrogens is 1. The highest BCUT2D eigenvalue weighted by atomic mass is 16.2. The largest absolute Gasteiger partial charge is 0.329 e. The van der Waals surface area contributed by atoms with E-state index < -0.39 is 0 Å². The van der Waals surface area contributed by atoms with Crippen molar-refractivity contribution in [2.75, 3.05) is 6.54 Å². The summed E-state index contributed by atoms with van der Waals surface area (Å²) in [4.78, 5) is 23.4. The fourth-order valence-electron chi connectivity index (χ4n) is 3.01. The van der Waals surface area contributed by atoms with Crippen LogP contribution in [-0.4, -0.2) is 41.9 Å². The van der Waals surface area contributed by atoms with E-state index in [4.69, 9.17) is 0 Å². The van der Waals surface area contributed by atoms with Crippen LogP contribution in [0.5, 0.6) is 0 Å². The van der Waals surface area contributed by atoms with Gasteiger partial charge >= 0.3 is 0 Å². The maximum Gasteiger partial charge on any atom is 0.272 e. The highest BCUT2D eigenvalue weighted by Gasteiger charge is 2.30. The predicted octanol–water partition coefficient (Wildman–Crippen LogP) is 1.82. The van der Waals surface area contributed by atoms with Crippen LogP contribution in [-0.2, 0) is 0 Å². The number of nitrogens with one attached hydrogen (secondary N) is 1. The van der Waals surface area contributed by atoms with Gasteiger partial charge in [-0.1, -0.05) is 0 Å². The summed E-state index contributed by atoms with van der Waals surface area (Å²) in [6.45, 7) is 0.740. The molecule has 0 saturated carbocycles. The molecule has 1 aliphatic rings. The van der Waals surface area contributed by atoms with Crippen LogP contribution in [0.2, 0.25) is 0 Å². The number of amides is 1. The third-order valence-electron chi connectivity index (χ3n) is 4.12. The van der Waals surface area contributed by atoms with Crippen molar-refractivity contribution in [3.05, 3.63) is 48.3 Å². The summed E-state index contributed by atoms with van der Waals surface area (Å²) in [6.07, 6.45) is 10.2. The molecule has 3 aromatic heterocycles. The Labute approximate surface area is 127 Å². The number of rotatable bonds is 2. The van der Waals surface area contributed by atoms with Crippen molar-refractivity contribution < 1.29 is 4.79 Å². The number of piperidine rings is 1. The number of carbonyl (C=O) groups is 1. The third-order valence-corrected chi connectivity index (χ3v) is 4.12. The molecule has 0 spiro atoms. The molecule has 0 bridgehead atoms. The molecule has 0 radical (unpaired) electrons. The number of aromatic amines is 1. The summed E-state index contributed by atoms with van der Waals surface area (Å²) >= 11 is 0. The number of hydrogen-bond donors (Lipinski definition) is 1. The average Bonchev–Trinajstić information content (AvgIpc) is 3.24. The van der Waals surface area contributed by atoms with Gasteiger partial charge in [-0.2, -0.15) is 5.10 Å². The van der Waals surface area contributed by atoms with E-state index in [2.05, 4.69) is 20.2 Å². The van der Waals surface area contributed by atoms with Crippen LogP contribution in [0.25, 0.3) is 5.78 Å². The minimum atomic E-state index is -0.0211. The number of carbonyl (C=O) groups excluding carboxylic acids is 1. The monoisotopic (exact) mass is 296 g/mol. The number of likely N-dealkylation sites (tertiary alicyclic amines) is 1. The zero-order chi connectivity index (χ0) is 14.9. The van der Waals surface area contributed by atoms with Gasteiger partial charge in [-0.25, -0.2) is 9.97 Å². The molecule has 1 amide bonds. The molecule has 0 aromatic carbocycles. The number of nitrogens with zero attached hydrogens (tertiary/aromatic N) is 5. The maximum absolute atomic E-state index is 12.7. The van der Waals surface area contributed by atoms with E-state index in [1.54, 1.807) is 18.5 Å². The molecule has 22 heavy (non-hydrogen) atoms. The summed E-state index contributed by atoms with van der Waals surface area (Å²) in [5, 5.41) is 6.62. The number of aromatic nitrogens is 5. The smallest absolute Gasteiger partial charge is 0.272 e. The second kappa shape index (κ2) is 5.25. The summed E-state index contributed by atoms with van der Waals surface area (Å²) in [5.41, 5.74) is 1.42. The number of imidazole rings is 1. The molecular weight excluding hydrogens is 280 g/mol. The van der Waals surface area contributed by atoms with Crippen LogP contribution in [0.4, 0.5) is 0 Å². The van der Waals surface area contributed by atoms with E-state index in [9.17, 15) is 4.79 Å². The van der Waals surface area contributed by atoms with Crippen LogP contribution < -0.4 is 0 Å². The van der Waals surface area contributed by atoms with E-state index in [0.717, 1.165) is 31.5 Å². The first-order valence-corrected chi connectivity index (χ1v) is 7.43. The van der Waals surface area contributed by atoms with Gasteiger partial charge in [0.05, 0.1) is 11.7 Å². The topological polar surface area (TPSA) is 79.2 Å². The molecule has 4 heterocycles. The summed E-state index contributed by atoms with van der Waals surface area (Å²) in [5.74, 6) is 0.643. The van der Waals surface area contributed by atoms with E-state index in [-0.39, 0.29) is 11.9 Å². The molecule has 3 aromatic rings. The first kappa shape index (κ1) is 13.0. The van der Waals surface area contributed by atoms with Crippen molar-refractivity contribution in [1.82, 2.24) is 29.5 Å². The molecule has 1 aliphatic heterocycles. The molecule has 7 heteroatoms. The van der Waals surface area contributed by atoms with E-state index in [0.29, 0.717) is 11.5 Å². The third kappa shape index (κ3) is 2.14. The van der Waals surface area contributed by atoms with Crippen molar-refractivity contribution in [3.63, 3.8) is 0 Å². The van der Waals surface area contributed by atoms with Gasteiger partial charge in [0.1, 0.15) is 5.69 Å². The molecule has 1 fully saturated rings. The van der Waals surface area contributed by atoms with Crippen molar-refractivity contribution in [2.45, 2.75) is 25.3 Å². The van der Waals surface area contributed by atoms with Crippen LogP contribution in [0, 0.1) is 0 Å². The van der Waals surface area contributed by atoms with Crippen LogP contribution >= 0.6 is 0 Å². The first-order chi connectivity index (χ1) is 10.8. The van der Waals surface area contributed by atoms with Crippen molar-refractivity contribution >= 4 is 11.7 Å². The van der Waals surface area contributed by atoms with Gasteiger partial charge < -0.3 is 4.90 Å². The SMILES string of the molecule is O=C(c1ccn[nH]1)N1CCCCC1c1ccn2ccnc2n1. The van der Waals surface area contributed by atoms with E-state index >= 15 is 0 Å². The Kier molecular flexibility index (Phi) is 3.10. The molecule has 112 valence electrons. The Morgan fingerprint density at radius 1 is 1.23 bits per heavy atom.